The summed E-state index contributed by atoms with van der Waals surface area (Å²) in [5.74, 6) is 0.0707. The van der Waals surface area contributed by atoms with E-state index in [2.05, 4.69) is 4.98 Å². The van der Waals surface area contributed by atoms with E-state index in [9.17, 15) is 19.7 Å². The molecular formula is C22H23ClN4O5. The van der Waals surface area contributed by atoms with Crippen LogP contribution in [0.4, 0.5) is 5.69 Å². The molecule has 10 heteroatoms. The molecule has 0 aliphatic heterocycles. The summed E-state index contributed by atoms with van der Waals surface area (Å²) in [5.41, 5.74) is 0.403. The van der Waals surface area contributed by atoms with Crippen molar-refractivity contribution >= 4 is 34.1 Å². The van der Waals surface area contributed by atoms with Gasteiger partial charge in [-0.3, -0.25) is 24.3 Å². The minimum atomic E-state index is -0.560. The Kier molecular flexibility index (Phi) is 7.22. The van der Waals surface area contributed by atoms with Gasteiger partial charge in [-0.05, 0) is 43.7 Å². The van der Waals surface area contributed by atoms with Gasteiger partial charge in [0.05, 0.1) is 21.9 Å². The molecule has 1 heterocycles. The standard InChI is InChI=1S/C22H23ClN4O5/c1-14(20-24-19-13-16(23)7-10-18(19)22(29)25(20)2)26(11-4-12-32-3)21(28)15-5-8-17(9-6-15)27(30)31/h5-10,13-14H,4,11-12H2,1-3H3. The molecule has 2 aromatic carbocycles. The average molecular weight is 459 g/mol. The van der Waals surface area contributed by atoms with E-state index in [0.29, 0.717) is 46.9 Å². The average Bonchev–Trinajstić information content (AvgIpc) is 2.78. The second-order valence-corrected chi connectivity index (χ2v) is 7.76. The number of benzene rings is 2. The van der Waals surface area contributed by atoms with Gasteiger partial charge in [0, 0.05) is 50.0 Å². The van der Waals surface area contributed by atoms with Gasteiger partial charge in [-0.25, -0.2) is 4.98 Å². The van der Waals surface area contributed by atoms with Crippen LogP contribution < -0.4 is 5.56 Å². The number of hydrogen-bond acceptors (Lipinski definition) is 6. The SMILES string of the molecule is COCCCN(C(=O)c1ccc([N+](=O)[O-])cc1)C(C)c1nc2cc(Cl)ccc2c(=O)n1C. The molecule has 1 amide bonds. The predicted octanol–water partition coefficient (Wildman–Crippen LogP) is 3.74. The summed E-state index contributed by atoms with van der Waals surface area (Å²) in [4.78, 5) is 42.8. The van der Waals surface area contributed by atoms with Gasteiger partial charge in [-0.2, -0.15) is 0 Å². The van der Waals surface area contributed by atoms with Crippen LogP contribution in [0.25, 0.3) is 10.9 Å². The Hall–Kier alpha value is -3.30. The molecule has 0 saturated heterocycles. The van der Waals surface area contributed by atoms with Crippen molar-refractivity contribution in [3.63, 3.8) is 0 Å². The number of ether oxygens (including phenoxy) is 1. The smallest absolute Gasteiger partial charge is 0.269 e. The van der Waals surface area contributed by atoms with Gasteiger partial charge in [-0.1, -0.05) is 11.6 Å². The van der Waals surface area contributed by atoms with Crippen molar-refractivity contribution in [2.24, 2.45) is 7.05 Å². The van der Waals surface area contributed by atoms with Gasteiger partial charge in [-0.15, -0.1) is 0 Å². The van der Waals surface area contributed by atoms with Crippen molar-refractivity contribution in [2.45, 2.75) is 19.4 Å². The molecule has 1 unspecified atom stereocenters. The molecule has 1 atom stereocenters. The molecule has 168 valence electrons. The highest BCUT2D eigenvalue weighted by atomic mass is 35.5. The fraction of sp³-hybridized carbons (Fsp3) is 0.318. The lowest BCUT2D eigenvalue weighted by atomic mass is 10.1. The third-order valence-electron chi connectivity index (χ3n) is 5.25. The van der Waals surface area contributed by atoms with Gasteiger partial charge < -0.3 is 9.64 Å². The number of non-ortho nitro benzene ring substituents is 1. The number of rotatable bonds is 8. The zero-order chi connectivity index (χ0) is 23.4. The topological polar surface area (TPSA) is 108 Å². The summed E-state index contributed by atoms with van der Waals surface area (Å²) in [6, 6.07) is 9.73. The molecule has 0 bridgehead atoms. The number of nitro groups is 1. The monoisotopic (exact) mass is 458 g/mol. The van der Waals surface area contributed by atoms with E-state index >= 15 is 0 Å². The van der Waals surface area contributed by atoms with Gasteiger partial charge in [0.25, 0.3) is 17.2 Å². The van der Waals surface area contributed by atoms with Crippen LogP contribution in [0.1, 0.15) is 35.6 Å². The van der Waals surface area contributed by atoms with Crippen LogP contribution in [0, 0.1) is 10.1 Å². The second-order valence-electron chi connectivity index (χ2n) is 7.32. The van der Waals surface area contributed by atoms with E-state index in [-0.39, 0.29) is 17.2 Å². The van der Waals surface area contributed by atoms with Crippen LogP contribution >= 0.6 is 11.6 Å². The molecule has 3 aromatic rings. The number of halogens is 1. The number of amides is 1. The molecule has 0 spiro atoms. The summed E-state index contributed by atoms with van der Waals surface area (Å²) in [7, 11) is 3.18. The number of nitrogens with zero attached hydrogens (tertiary/aromatic N) is 4. The molecule has 0 fully saturated rings. The lowest BCUT2D eigenvalue weighted by molar-refractivity contribution is -0.384. The Morgan fingerprint density at radius 2 is 1.97 bits per heavy atom. The minimum Gasteiger partial charge on any atom is -0.385 e. The lowest BCUT2D eigenvalue weighted by Gasteiger charge is -2.30. The van der Waals surface area contributed by atoms with E-state index in [1.54, 1.807) is 44.2 Å². The van der Waals surface area contributed by atoms with Crippen molar-refractivity contribution in [1.29, 1.82) is 0 Å². The molecule has 0 N–H and O–H groups in total. The van der Waals surface area contributed by atoms with E-state index < -0.39 is 11.0 Å². The van der Waals surface area contributed by atoms with Crippen LogP contribution in [0.5, 0.6) is 0 Å². The molecule has 0 aliphatic carbocycles. The Balaban J connectivity index is 2.03. The molecule has 1 aromatic heterocycles. The second kappa shape index (κ2) is 9.88. The van der Waals surface area contributed by atoms with E-state index in [1.807, 2.05) is 0 Å². The summed E-state index contributed by atoms with van der Waals surface area (Å²) in [6.07, 6.45) is 0.562. The summed E-state index contributed by atoms with van der Waals surface area (Å²) in [6.45, 7) is 2.57. The maximum atomic E-state index is 13.3. The Morgan fingerprint density at radius 1 is 1.28 bits per heavy atom. The first kappa shape index (κ1) is 23.4. The molecule has 0 saturated carbocycles. The van der Waals surface area contributed by atoms with Gasteiger partial charge in [0.15, 0.2) is 0 Å². The first-order valence-corrected chi connectivity index (χ1v) is 10.3. The fourth-order valence-corrected chi connectivity index (χ4v) is 3.68. The predicted molar refractivity (Wildman–Crippen MR) is 121 cm³/mol. The quantitative estimate of drug-likeness (QED) is 0.289. The lowest BCUT2D eigenvalue weighted by Crippen LogP contribution is -2.38. The zero-order valence-corrected chi connectivity index (χ0v) is 18.7. The van der Waals surface area contributed by atoms with Gasteiger partial charge in [0.1, 0.15) is 5.82 Å². The maximum Gasteiger partial charge on any atom is 0.269 e. The minimum absolute atomic E-state index is 0.101. The molecule has 32 heavy (non-hydrogen) atoms. The van der Waals surface area contributed by atoms with Crippen molar-refractivity contribution < 1.29 is 14.5 Å². The molecule has 3 rings (SSSR count). The maximum absolute atomic E-state index is 13.3. The molecule has 0 aliphatic rings. The van der Waals surface area contributed by atoms with Crippen molar-refractivity contribution in [2.75, 3.05) is 20.3 Å². The third-order valence-corrected chi connectivity index (χ3v) is 5.48. The van der Waals surface area contributed by atoms with E-state index in [4.69, 9.17) is 16.3 Å². The number of carbonyl (C=O) groups excluding carboxylic acids is 1. The first-order chi connectivity index (χ1) is 15.2. The van der Waals surface area contributed by atoms with E-state index in [1.165, 1.54) is 28.8 Å². The zero-order valence-electron chi connectivity index (χ0n) is 17.9. The number of carbonyl (C=O) groups is 1. The summed E-state index contributed by atoms with van der Waals surface area (Å²) in [5, 5.41) is 11.8. The fourth-order valence-electron chi connectivity index (χ4n) is 3.52. The Morgan fingerprint density at radius 3 is 2.59 bits per heavy atom. The van der Waals surface area contributed by atoms with Crippen LogP contribution in [0.3, 0.4) is 0 Å². The summed E-state index contributed by atoms with van der Waals surface area (Å²) < 4.78 is 6.54. The van der Waals surface area contributed by atoms with Crippen LogP contribution in [0.15, 0.2) is 47.3 Å². The highest BCUT2D eigenvalue weighted by Crippen LogP contribution is 2.24. The molecule has 0 radical (unpaired) electrons. The molecular weight excluding hydrogens is 436 g/mol. The van der Waals surface area contributed by atoms with Crippen molar-refractivity contribution in [3.05, 3.63) is 79.3 Å². The van der Waals surface area contributed by atoms with Crippen molar-refractivity contribution in [1.82, 2.24) is 14.5 Å². The van der Waals surface area contributed by atoms with Gasteiger partial charge >= 0.3 is 0 Å². The Labute approximate surface area is 189 Å². The number of nitro benzene ring substituents is 1. The highest BCUT2D eigenvalue weighted by Gasteiger charge is 2.26. The third kappa shape index (κ3) is 4.79. The van der Waals surface area contributed by atoms with Gasteiger partial charge in [0.2, 0.25) is 0 Å². The molecule has 9 nitrogen and oxygen atoms in total. The number of aromatic nitrogens is 2. The largest absolute Gasteiger partial charge is 0.385 e. The number of methoxy groups -OCH3 is 1. The number of fused-ring (bicyclic) bond motifs is 1. The Bertz CT molecular complexity index is 1210. The first-order valence-electron chi connectivity index (χ1n) is 9.95. The van der Waals surface area contributed by atoms with Crippen molar-refractivity contribution in [3.8, 4) is 0 Å². The van der Waals surface area contributed by atoms with Crippen LogP contribution in [-0.2, 0) is 11.8 Å². The van der Waals surface area contributed by atoms with Crippen LogP contribution in [0.2, 0.25) is 5.02 Å². The number of hydrogen-bond donors (Lipinski definition) is 0. The van der Waals surface area contributed by atoms with Crippen LogP contribution in [-0.4, -0.2) is 45.5 Å². The summed E-state index contributed by atoms with van der Waals surface area (Å²) >= 11 is 6.08. The highest BCUT2D eigenvalue weighted by molar-refractivity contribution is 6.31. The normalized spacial score (nSPS) is 12.0. The van der Waals surface area contributed by atoms with E-state index in [0.717, 1.165) is 0 Å².